The standard InChI is InChI=1S/C20H39NO/c1-4-5-6-7-8-9-10-12-15-18(2)16-13-11-14-17-20(22)19(3)21/h14,16-17,19-20,22H,4-13,15,21H2,1-3H3. The van der Waals surface area contributed by atoms with Crippen molar-refractivity contribution >= 4 is 0 Å². The van der Waals surface area contributed by atoms with Crippen molar-refractivity contribution in [3.05, 3.63) is 23.8 Å². The number of rotatable bonds is 14. The van der Waals surface area contributed by atoms with Crippen LogP contribution < -0.4 is 5.73 Å². The summed E-state index contributed by atoms with van der Waals surface area (Å²) in [7, 11) is 0. The monoisotopic (exact) mass is 309 g/mol. The normalized spacial score (nSPS) is 15.4. The van der Waals surface area contributed by atoms with Crippen LogP contribution in [0, 0.1) is 0 Å². The fourth-order valence-electron chi connectivity index (χ4n) is 2.48. The van der Waals surface area contributed by atoms with Crippen LogP contribution in [0.3, 0.4) is 0 Å². The Balaban J connectivity index is 3.49. The van der Waals surface area contributed by atoms with Crippen LogP contribution in [0.1, 0.15) is 91.4 Å². The van der Waals surface area contributed by atoms with Gasteiger partial charge in [0.2, 0.25) is 0 Å². The maximum atomic E-state index is 9.54. The second kappa shape index (κ2) is 15.3. The van der Waals surface area contributed by atoms with Gasteiger partial charge >= 0.3 is 0 Å². The van der Waals surface area contributed by atoms with Crippen molar-refractivity contribution in [3.63, 3.8) is 0 Å². The number of nitrogens with two attached hydrogens (primary N) is 1. The number of aliphatic hydroxyl groups excluding tert-OH is 1. The smallest absolute Gasteiger partial charge is 0.0869 e. The Labute approximate surface area is 138 Å². The topological polar surface area (TPSA) is 46.2 Å². The Morgan fingerprint density at radius 3 is 2.18 bits per heavy atom. The third kappa shape index (κ3) is 14.3. The number of allylic oxidation sites excluding steroid dienone is 3. The van der Waals surface area contributed by atoms with Crippen LogP contribution in [-0.4, -0.2) is 17.3 Å². The van der Waals surface area contributed by atoms with Crippen molar-refractivity contribution in [2.45, 2.75) is 104 Å². The molecule has 2 nitrogen and oxygen atoms in total. The molecule has 0 spiro atoms. The third-order valence-corrected chi connectivity index (χ3v) is 4.12. The molecule has 130 valence electrons. The van der Waals surface area contributed by atoms with Gasteiger partial charge in [-0.2, -0.15) is 0 Å². The third-order valence-electron chi connectivity index (χ3n) is 4.12. The van der Waals surface area contributed by atoms with Crippen LogP contribution in [0.5, 0.6) is 0 Å². The number of hydrogen-bond acceptors (Lipinski definition) is 2. The maximum Gasteiger partial charge on any atom is 0.0869 e. The van der Waals surface area contributed by atoms with Gasteiger partial charge in [0.25, 0.3) is 0 Å². The molecule has 2 unspecified atom stereocenters. The molecule has 0 heterocycles. The molecule has 2 heteroatoms. The van der Waals surface area contributed by atoms with E-state index < -0.39 is 6.10 Å². The molecule has 3 N–H and O–H groups in total. The summed E-state index contributed by atoms with van der Waals surface area (Å²) in [4.78, 5) is 0. The zero-order valence-corrected chi connectivity index (χ0v) is 15.2. The molecule has 0 radical (unpaired) electrons. The second-order valence-electron chi connectivity index (χ2n) is 6.63. The average Bonchev–Trinajstić information content (AvgIpc) is 2.49. The summed E-state index contributed by atoms with van der Waals surface area (Å²) in [5, 5.41) is 9.54. The molecule has 22 heavy (non-hydrogen) atoms. The number of aliphatic hydroxyl groups is 1. The average molecular weight is 310 g/mol. The summed E-state index contributed by atoms with van der Waals surface area (Å²) in [5.74, 6) is 0. The fraction of sp³-hybridized carbons (Fsp3) is 0.800. The molecule has 0 rings (SSSR count). The van der Waals surface area contributed by atoms with E-state index in [-0.39, 0.29) is 6.04 Å². The van der Waals surface area contributed by atoms with E-state index in [0.29, 0.717) is 0 Å². The first-order valence-electron chi connectivity index (χ1n) is 9.33. The molecule has 0 aliphatic carbocycles. The second-order valence-corrected chi connectivity index (χ2v) is 6.63. The zero-order valence-electron chi connectivity index (χ0n) is 15.2. The summed E-state index contributed by atoms with van der Waals surface area (Å²) in [6.07, 6.45) is 20.0. The minimum atomic E-state index is -0.512. The Morgan fingerprint density at radius 1 is 1.00 bits per heavy atom. The van der Waals surface area contributed by atoms with Gasteiger partial charge in [-0.05, 0) is 39.5 Å². The van der Waals surface area contributed by atoms with E-state index in [0.717, 1.165) is 12.8 Å². The molecule has 0 saturated heterocycles. The van der Waals surface area contributed by atoms with Gasteiger partial charge < -0.3 is 10.8 Å². The summed E-state index contributed by atoms with van der Waals surface area (Å²) in [6, 6.07) is -0.185. The first-order valence-corrected chi connectivity index (χ1v) is 9.33. The van der Waals surface area contributed by atoms with Gasteiger partial charge in [0.1, 0.15) is 0 Å². The van der Waals surface area contributed by atoms with Gasteiger partial charge in [-0.1, -0.05) is 75.7 Å². The Hall–Kier alpha value is -0.600. The van der Waals surface area contributed by atoms with Crippen LogP contribution in [0.4, 0.5) is 0 Å². The van der Waals surface area contributed by atoms with E-state index in [2.05, 4.69) is 19.9 Å². The highest BCUT2D eigenvalue weighted by atomic mass is 16.3. The fourth-order valence-corrected chi connectivity index (χ4v) is 2.48. The first kappa shape index (κ1) is 21.4. The van der Waals surface area contributed by atoms with E-state index in [1.54, 1.807) is 0 Å². The summed E-state index contributed by atoms with van der Waals surface area (Å²) in [6.45, 7) is 6.33. The lowest BCUT2D eigenvalue weighted by molar-refractivity contribution is 0.198. The van der Waals surface area contributed by atoms with E-state index in [9.17, 15) is 5.11 Å². The molecule has 0 aromatic carbocycles. The number of hydrogen-bond donors (Lipinski definition) is 2. The van der Waals surface area contributed by atoms with Crippen LogP contribution >= 0.6 is 0 Å². The van der Waals surface area contributed by atoms with Crippen LogP contribution in [0.2, 0.25) is 0 Å². The molecule has 0 aromatic rings. The molecule has 0 amide bonds. The quantitative estimate of drug-likeness (QED) is 0.328. The van der Waals surface area contributed by atoms with Crippen molar-refractivity contribution in [1.82, 2.24) is 0 Å². The van der Waals surface area contributed by atoms with Gasteiger partial charge in [0.05, 0.1) is 6.10 Å². The van der Waals surface area contributed by atoms with Gasteiger partial charge in [-0.25, -0.2) is 0 Å². The number of unbranched alkanes of at least 4 members (excludes halogenated alkanes) is 8. The van der Waals surface area contributed by atoms with Crippen LogP contribution in [0.15, 0.2) is 23.8 Å². The molecule has 0 aliphatic rings. The van der Waals surface area contributed by atoms with Crippen molar-refractivity contribution < 1.29 is 5.11 Å². The lowest BCUT2D eigenvalue weighted by atomic mass is 10.0. The molecule has 0 saturated carbocycles. The van der Waals surface area contributed by atoms with Crippen molar-refractivity contribution in [3.8, 4) is 0 Å². The Morgan fingerprint density at radius 2 is 1.59 bits per heavy atom. The van der Waals surface area contributed by atoms with Crippen molar-refractivity contribution in [1.29, 1.82) is 0 Å². The van der Waals surface area contributed by atoms with Gasteiger partial charge in [0.15, 0.2) is 0 Å². The Kier molecular flexibility index (Phi) is 14.9. The summed E-state index contributed by atoms with van der Waals surface area (Å²) in [5.41, 5.74) is 7.11. The predicted octanol–water partition coefficient (Wildman–Crippen LogP) is 5.51. The first-order chi connectivity index (χ1) is 10.6. The molecule has 0 aliphatic heterocycles. The lowest BCUT2D eigenvalue weighted by Gasteiger charge is -2.08. The zero-order chi connectivity index (χ0) is 16.6. The molecule has 0 fully saturated rings. The Bertz CT molecular complexity index is 294. The molecule has 2 atom stereocenters. The van der Waals surface area contributed by atoms with E-state index in [1.165, 1.54) is 63.4 Å². The molecular formula is C20H39NO. The lowest BCUT2D eigenvalue weighted by Crippen LogP contribution is -2.29. The highest BCUT2D eigenvalue weighted by Crippen LogP contribution is 2.13. The minimum absolute atomic E-state index is 0.185. The highest BCUT2D eigenvalue weighted by Gasteiger charge is 2.02. The van der Waals surface area contributed by atoms with E-state index >= 15 is 0 Å². The molecular weight excluding hydrogens is 270 g/mol. The van der Waals surface area contributed by atoms with E-state index in [4.69, 9.17) is 5.73 Å². The minimum Gasteiger partial charge on any atom is -0.387 e. The molecule has 0 aromatic heterocycles. The van der Waals surface area contributed by atoms with E-state index in [1.807, 2.05) is 19.1 Å². The SMILES string of the molecule is CCCCCCCCCCC(C)=CCCC=CC(O)C(C)N. The predicted molar refractivity (Wildman–Crippen MR) is 99.0 cm³/mol. The van der Waals surface area contributed by atoms with Gasteiger partial charge in [-0.15, -0.1) is 0 Å². The summed E-state index contributed by atoms with van der Waals surface area (Å²) >= 11 is 0. The summed E-state index contributed by atoms with van der Waals surface area (Å²) < 4.78 is 0. The van der Waals surface area contributed by atoms with Crippen LogP contribution in [-0.2, 0) is 0 Å². The van der Waals surface area contributed by atoms with Crippen molar-refractivity contribution in [2.75, 3.05) is 0 Å². The molecule has 0 bridgehead atoms. The maximum absolute atomic E-state index is 9.54. The van der Waals surface area contributed by atoms with Crippen LogP contribution in [0.25, 0.3) is 0 Å². The van der Waals surface area contributed by atoms with Gasteiger partial charge in [-0.3, -0.25) is 0 Å². The highest BCUT2D eigenvalue weighted by molar-refractivity contribution is 5.00. The van der Waals surface area contributed by atoms with Crippen molar-refractivity contribution in [2.24, 2.45) is 5.73 Å². The largest absolute Gasteiger partial charge is 0.387 e. The van der Waals surface area contributed by atoms with Gasteiger partial charge in [0, 0.05) is 6.04 Å².